The molecule has 8 nitrogen and oxygen atoms in total. The molecule has 0 aromatic heterocycles. The van der Waals surface area contributed by atoms with E-state index in [4.69, 9.17) is 0 Å². The van der Waals surface area contributed by atoms with Crippen molar-refractivity contribution in [2.75, 3.05) is 26.2 Å². The number of nitro benzene ring substituents is 1. The summed E-state index contributed by atoms with van der Waals surface area (Å²) < 4.78 is 0. The van der Waals surface area contributed by atoms with Crippen molar-refractivity contribution in [3.63, 3.8) is 0 Å². The van der Waals surface area contributed by atoms with Crippen LogP contribution in [0.15, 0.2) is 58.3 Å². The summed E-state index contributed by atoms with van der Waals surface area (Å²) in [6, 6.07) is 12.9. The molecule has 0 spiro atoms. The fraction of sp³-hybridized carbons (Fsp3) is 0.304. The number of hydrogen-bond acceptors (Lipinski definition) is 6. The predicted octanol–water partition coefficient (Wildman–Crippen LogP) is 3.69. The second kappa shape index (κ2) is 10.9. The Balaban J connectivity index is 1.73. The van der Waals surface area contributed by atoms with Gasteiger partial charge >= 0.3 is 0 Å². The Morgan fingerprint density at radius 3 is 2.50 bits per heavy atom. The molecule has 2 aromatic rings. The normalized spacial score (nSPS) is 14.7. The molecule has 1 aliphatic rings. The monoisotopic (exact) mass is 454 g/mol. The van der Waals surface area contributed by atoms with Gasteiger partial charge < -0.3 is 4.90 Å². The summed E-state index contributed by atoms with van der Waals surface area (Å²) in [5.41, 5.74) is 4.33. The number of nitrogens with zero attached hydrogens (tertiary/aromatic N) is 3. The van der Waals surface area contributed by atoms with Gasteiger partial charge in [0.1, 0.15) is 0 Å². The maximum absolute atomic E-state index is 12.5. The molecule has 1 saturated heterocycles. The smallest absolute Gasteiger partial charge is 0.283 e. The van der Waals surface area contributed by atoms with Crippen LogP contribution >= 0.6 is 11.8 Å². The maximum atomic E-state index is 12.5. The van der Waals surface area contributed by atoms with Gasteiger partial charge in [0.15, 0.2) is 0 Å². The minimum Gasteiger partial charge on any atom is -0.336 e. The molecule has 32 heavy (non-hydrogen) atoms. The van der Waals surface area contributed by atoms with Gasteiger partial charge in [-0.25, -0.2) is 5.01 Å². The Labute approximate surface area is 191 Å². The minimum absolute atomic E-state index is 0.0108. The molecule has 0 unspecified atom stereocenters. The molecular formula is C23H26N4O4S. The lowest BCUT2D eigenvalue weighted by Gasteiger charge is -2.33. The first-order valence-corrected chi connectivity index (χ1v) is 11.2. The van der Waals surface area contributed by atoms with Crippen LogP contribution in [0, 0.1) is 10.1 Å². The molecule has 0 bridgehead atoms. The summed E-state index contributed by atoms with van der Waals surface area (Å²) in [4.78, 5) is 37.5. The van der Waals surface area contributed by atoms with Gasteiger partial charge in [-0.3, -0.25) is 25.1 Å². The highest BCUT2D eigenvalue weighted by molar-refractivity contribution is 7.99. The molecular weight excluding hydrogens is 428 g/mol. The van der Waals surface area contributed by atoms with Gasteiger partial charge in [0, 0.05) is 43.2 Å². The largest absolute Gasteiger partial charge is 0.336 e. The van der Waals surface area contributed by atoms with Crippen LogP contribution in [0.5, 0.6) is 0 Å². The third-order valence-corrected chi connectivity index (χ3v) is 6.34. The second-order valence-electron chi connectivity index (χ2n) is 7.67. The third-order valence-electron chi connectivity index (χ3n) is 5.19. The first kappa shape index (κ1) is 23.5. The molecule has 0 aliphatic carbocycles. The summed E-state index contributed by atoms with van der Waals surface area (Å²) in [6.07, 6.45) is 3.65. The van der Waals surface area contributed by atoms with E-state index in [0.29, 0.717) is 49.0 Å². The molecule has 3 rings (SSSR count). The number of carbonyl (C=O) groups is 2. The Morgan fingerprint density at radius 2 is 1.84 bits per heavy atom. The van der Waals surface area contributed by atoms with Crippen LogP contribution in [0.2, 0.25) is 0 Å². The number of benzene rings is 2. The lowest BCUT2D eigenvalue weighted by Crippen LogP contribution is -2.52. The predicted molar refractivity (Wildman–Crippen MR) is 124 cm³/mol. The molecule has 1 fully saturated rings. The zero-order valence-electron chi connectivity index (χ0n) is 18.1. The number of carbonyl (C=O) groups excluding carboxylic acids is 2. The van der Waals surface area contributed by atoms with E-state index < -0.39 is 4.92 Å². The lowest BCUT2D eigenvalue weighted by atomic mass is 10.0. The Morgan fingerprint density at radius 1 is 1.12 bits per heavy atom. The third kappa shape index (κ3) is 5.95. The van der Waals surface area contributed by atoms with Crippen LogP contribution in [-0.2, 0) is 9.59 Å². The van der Waals surface area contributed by atoms with E-state index in [0.717, 1.165) is 10.5 Å². The van der Waals surface area contributed by atoms with Crippen LogP contribution in [0.1, 0.15) is 30.9 Å². The molecule has 1 N–H and O–H groups in total. The molecule has 0 saturated carbocycles. The van der Waals surface area contributed by atoms with E-state index in [-0.39, 0.29) is 11.6 Å². The summed E-state index contributed by atoms with van der Waals surface area (Å²) in [7, 11) is 0. The molecule has 1 heterocycles. The number of piperazine rings is 1. The highest BCUT2D eigenvalue weighted by Crippen LogP contribution is 2.39. The number of rotatable bonds is 8. The summed E-state index contributed by atoms with van der Waals surface area (Å²) in [5, 5.41) is 13.5. The number of nitro groups is 1. The first-order chi connectivity index (χ1) is 15.4. The van der Waals surface area contributed by atoms with Crippen molar-refractivity contribution in [2.45, 2.75) is 29.6 Å². The average Bonchev–Trinajstić information content (AvgIpc) is 2.79. The summed E-state index contributed by atoms with van der Waals surface area (Å²) in [6.45, 7) is 6.28. The highest BCUT2D eigenvalue weighted by atomic mass is 32.2. The quantitative estimate of drug-likeness (QED) is 0.283. The average molecular weight is 455 g/mol. The number of nitrogens with one attached hydrogen (secondary N) is 1. The van der Waals surface area contributed by atoms with Crippen molar-refractivity contribution < 1.29 is 14.5 Å². The van der Waals surface area contributed by atoms with Crippen LogP contribution in [-0.4, -0.2) is 53.3 Å². The molecule has 0 atom stereocenters. The van der Waals surface area contributed by atoms with E-state index >= 15 is 0 Å². The van der Waals surface area contributed by atoms with Crippen LogP contribution in [0.25, 0.3) is 6.08 Å². The van der Waals surface area contributed by atoms with Crippen molar-refractivity contribution in [3.05, 3.63) is 69.8 Å². The first-order valence-electron chi connectivity index (χ1n) is 10.4. The van der Waals surface area contributed by atoms with Gasteiger partial charge in [-0.15, -0.1) is 0 Å². The van der Waals surface area contributed by atoms with Gasteiger partial charge in [0.25, 0.3) is 5.69 Å². The molecule has 1 aliphatic heterocycles. The second-order valence-corrected chi connectivity index (χ2v) is 8.76. The van der Waals surface area contributed by atoms with E-state index in [2.05, 4.69) is 19.3 Å². The van der Waals surface area contributed by atoms with Gasteiger partial charge in [-0.05, 0) is 35.3 Å². The van der Waals surface area contributed by atoms with Crippen LogP contribution in [0.4, 0.5) is 5.69 Å². The molecule has 0 radical (unpaired) electrons. The van der Waals surface area contributed by atoms with Crippen LogP contribution in [0.3, 0.4) is 0 Å². The maximum Gasteiger partial charge on any atom is 0.283 e. The Hall–Kier alpha value is -3.17. The standard InChI is InChI=1S/C23H26N4O4S/c1-17(2)19-5-3-4-6-21(19)32-22-9-7-18(15-20(22)27(30)31)8-10-23(29)25-11-13-26(14-12-25)24-16-28/h3-10,15-17H,11-14H2,1-2H3,(H,24,28). The zero-order chi connectivity index (χ0) is 23.1. The fourth-order valence-corrected chi connectivity index (χ4v) is 4.62. The van der Waals surface area contributed by atoms with E-state index in [1.807, 2.05) is 24.3 Å². The van der Waals surface area contributed by atoms with Gasteiger partial charge in [-0.1, -0.05) is 49.9 Å². The fourth-order valence-electron chi connectivity index (χ4n) is 3.44. The Kier molecular flexibility index (Phi) is 8.02. The van der Waals surface area contributed by atoms with E-state index in [9.17, 15) is 19.7 Å². The molecule has 2 aromatic carbocycles. The number of amides is 2. The van der Waals surface area contributed by atoms with Gasteiger partial charge in [0.2, 0.25) is 12.3 Å². The van der Waals surface area contributed by atoms with Crippen molar-refractivity contribution in [1.82, 2.24) is 15.3 Å². The van der Waals surface area contributed by atoms with Crippen LogP contribution < -0.4 is 5.43 Å². The van der Waals surface area contributed by atoms with Crippen molar-refractivity contribution in [3.8, 4) is 0 Å². The van der Waals surface area contributed by atoms with Crippen molar-refractivity contribution >= 4 is 35.8 Å². The minimum atomic E-state index is -0.390. The van der Waals surface area contributed by atoms with Gasteiger partial charge in [-0.2, -0.15) is 0 Å². The number of hydrazine groups is 1. The molecule has 168 valence electrons. The SMILES string of the molecule is CC(C)c1ccccc1Sc1ccc(C=CC(=O)N2CCN(NC=O)CC2)cc1[N+](=O)[O-]. The van der Waals surface area contributed by atoms with Crippen molar-refractivity contribution in [2.24, 2.45) is 0 Å². The van der Waals surface area contributed by atoms with E-state index in [1.165, 1.54) is 23.9 Å². The summed E-state index contributed by atoms with van der Waals surface area (Å²) in [5.74, 6) is 0.143. The van der Waals surface area contributed by atoms with Gasteiger partial charge in [0.05, 0.1) is 9.82 Å². The zero-order valence-corrected chi connectivity index (χ0v) is 18.9. The lowest BCUT2D eigenvalue weighted by molar-refractivity contribution is -0.387. The summed E-state index contributed by atoms with van der Waals surface area (Å²) >= 11 is 1.38. The number of hydrogen-bond donors (Lipinski definition) is 1. The molecule has 9 heteroatoms. The Bertz CT molecular complexity index is 1020. The van der Waals surface area contributed by atoms with Crippen molar-refractivity contribution in [1.29, 1.82) is 0 Å². The molecule has 2 amide bonds. The highest BCUT2D eigenvalue weighted by Gasteiger charge is 2.20. The van der Waals surface area contributed by atoms with E-state index in [1.54, 1.807) is 28.1 Å². The topological polar surface area (TPSA) is 95.8 Å².